The number of carboxylic acids is 1. The number of nitrogens with one attached hydrogen (secondary N) is 1. The van der Waals surface area contributed by atoms with Crippen LogP contribution < -0.4 is 0 Å². The molecule has 0 aliphatic carbocycles. The number of carboxylic acid groups (broad SMARTS) is 1. The fourth-order valence-electron chi connectivity index (χ4n) is 3.96. The van der Waals surface area contributed by atoms with Gasteiger partial charge in [-0.2, -0.15) is 0 Å². The van der Waals surface area contributed by atoms with Crippen molar-refractivity contribution >= 4 is 27.9 Å². The average molecular weight is 395 g/mol. The summed E-state index contributed by atoms with van der Waals surface area (Å²) in [5, 5.41) is 11.4. The van der Waals surface area contributed by atoms with Crippen LogP contribution >= 0.6 is 0 Å². The number of benzene rings is 2. The van der Waals surface area contributed by atoms with Crippen molar-refractivity contribution in [3.63, 3.8) is 0 Å². The average Bonchev–Trinajstić information content (AvgIpc) is 3.35. The van der Waals surface area contributed by atoms with E-state index in [4.69, 9.17) is 5.11 Å². The van der Waals surface area contributed by atoms with Gasteiger partial charge in [0.1, 0.15) is 5.65 Å². The molecule has 5 nitrogen and oxygen atoms in total. The highest BCUT2D eigenvalue weighted by molar-refractivity contribution is 5.90. The molecule has 0 atom stereocenters. The second kappa shape index (κ2) is 7.19. The zero-order valence-corrected chi connectivity index (χ0v) is 16.6. The lowest BCUT2D eigenvalue weighted by molar-refractivity contribution is 0.0697. The number of pyridine rings is 1. The van der Waals surface area contributed by atoms with Gasteiger partial charge in [0.25, 0.3) is 0 Å². The van der Waals surface area contributed by atoms with Crippen LogP contribution in [0.3, 0.4) is 0 Å². The van der Waals surface area contributed by atoms with E-state index in [1.54, 1.807) is 18.3 Å². The first-order chi connectivity index (χ1) is 14.6. The van der Waals surface area contributed by atoms with Gasteiger partial charge in [-0.25, -0.2) is 9.78 Å². The van der Waals surface area contributed by atoms with Crippen molar-refractivity contribution in [1.29, 1.82) is 0 Å². The maximum Gasteiger partial charge on any atom is 0.335 e. The number of aromatic nitrogens is 3. The summed E-state index contributed by atoms with van der Waals surface area (Å²) in [7, 11) is 0. The standard InChI is InChI=1S/C25H21N3O2/c1-2-16-7-10-22-20(12-16)14-23(21-13-19-4-3-11-26-24(19)27-21)28(22)15-17-5-8-18(9-6-17)25(29)30/h3-14H,2,15H2,1H3,(H,26,27)(H,29,30). The molecule has 0 bridgehead atoms. The highest BCUT2D eigenvalue weighted by Crippen LogP contribution is 2.31. The van der Waals surface area contributed by atoms with Gasteiger partial charge in [-0.1, -0.05) is 25.1 Å². The van der Waals surface area contributed by atoms with Crippen LogP contribution in [-0.2, 0) is 13.0 Å². The van der Waals surface area contributed by atoms with Gasteiger partial charge in [0, 0.05) is 29.0 Å². The molecule has 2 N–H and O–H groups in total. The van der Waals surface area contributed by atoms with Crippen molar-refractivity contribution in [3.05, 3.63) is 89.6 Å². The van der Waals surface area contributed by atoms with E-state index in [0.29, 0.717) is 12.1 Å². The zero-order valence-electron chi connectivity index (χ0n) is 16.6. The van der Waals surface area contributed by atoms with Crippen molar-refractivity contribution < 1.29 is 9.90 Å². The molecule has 0 saturated heterocycles. The summed E-state index contributed by atoms with van der Waals surface area (Å²) in [5.41, 5.74) is 6.76. The van der Waals surface area contributed by atoms with Crippen LogP contribution in [0.4, 0.5) is 0 Å². The predicted molar refractivity (Wildman–Crippen MR) is 119 cm³/mol. The van der Waals surface area contributed by atoms with Crippen LogP contribution in [0.15, 0.2) is 72.9 Å². The maximum atomic E-state index is 11.2. The third-order valence-electron chi connectivity index (χ3n) is 5.58. The number of aromatic amines is 1. The Labute approximate surface area is 173 Å². The lowest BCUT2D eigenvalue weighted by Crippen LogP contribution is -2.03. The van der Waals surface area contributed by atoms with Crippen molar-refractivity contribution in [2.45, 2.75) is 19.9 Å². The molecular formula is C25H21N3O2. The molecule has 0 aliphatic rings. The molecule has 5 heteroatoms. The third kappa shape index (κ3) is 3.14. The number of fused-ring (bicyclic) bond motifs is 2. The topological polar surface area (TPSA) is 70.9 Å². The molecule has 0 amide bonds. The predicted octanol–water partition coefficient (Wildman–Crippen LogP) is 5.49. The van der Waals surface area contributed by atoms with E-state index >= 15 is 0 Å². The molecular weight excluding hydrogens is 374 g/mol. The number of carbonyl (C=O) groups is 1. The first-order valence-electron chi connectivity index (χ1n) is 10.0. The van der Waals surface area contributed by atoms with Crippen LogP contribution in [0, 0.1) is 0 Å². The normalized spacial score (nSPS) is 11.4. The third-order valence-corrected chi connectivity index (χ3v) is 5.58. The summed E-state index contributed by atoms with van der Waals surface area (Å²) in [5.74, 6) is -0.911. The second-order valence-electron chi connectivity index (χ2n) is 7.49. The van der Waals surface area contributed by atoms with E-state index in [0.717, 1.165) is 39.9 Å². The summed E-state index contributed by atoms with van der Waals surface area (Å²) in [6.07, 6.45) is 2.78. The molecule has 3 aromatic heterocycles. The molecule has 5 aromatic rings. The molecule has 30 heavy (non-hydrogen) atoms. The van der Waals surface area contributed by atoms with Crippen LogP contribution in [0.5, 0.6) is 0 Å². The number of hydrogen-bond acceptors (Lipinski definition) is 2. The molecule has 3 heterocycles. The molecule has 0 spiro atoms. The van der Waals surface area contributed by atoms with Gasteiger partial charge >= 0.3 is 5.97 Å². The Hall–Kier alpha value is -3.86. The summed E-state index contributed by atoms with van der Waals surface area (Å²) in [4.78, 5) is 19.0. The minimum absolute atomic E-state index is 0.297. The molecule has 0 aliphatic heterocycles. The van der Waals surface area contributed by atoms with Gasteiger partial charge in [0.05, 0.1) is 17.0 Å². The quantitative estimate of drug-likeness (QED) is 0.413. The van der Waals surface area contributed by atoms with Gasteiger partial charge in [0.15, 0.2) is 0 Å². The van der Waals surface area contributed by atoms with E-state index in [-0.39, 0.29) is 0 Å². The Balaban J connectivity index is 1.66. The van der Waals surface area contributed by atoms with Crippen LogP contribution in [0.1, 0.15) is 28.4 Å². The summed E-state index contributed by atoms with van der Waals surface area (Å²) < 4.78 is 2.27. The van der Waals surface area contributed by atoms with Gasteiger partial charge in [-0.3, -0.25) is 0 Å². The van der Waals surface area contributed by atoms with E-state index in [2.05, 4.69) is 57.9 Å². The summed E-state index contributed by atoms with van der Waals surface area (Å²) >= 11 is 0. The minimum Gasteiger partial charge on any atom is -0.478 e. The Morgan fingerprint density at radius 3 is 2.53 bits per heavy atom. The number of aromatic carboxylic acids is 1. The van der Waals surface area contributed by atoms with E-state index in [1.807, 2.05) is 18.2 Å². The smallest absolute Gasteiger partial charge is 0.335 e. The van der Waals surface area contributed by atoms with Crippen LogP contribution in [0.25, 0.3) is 33.3 Å². The van der Waals surface area contributed by atoms with Crippen molar-refractivity contribution in [2.75, 3.05) is 0 Å². The van der Waals surface area contributed by atoms with Gasteiger partial charge < -0.3 is 14.7 Å². The first-order valence-corrected chi connectivity index (χ1v) is 10.0. The van der Waals surface area contributed by atoms with E-state index in [1.165, 1.54) is 10.9 Å². The fraction of sp³-hybridized carbons (Fsp3) is 0.120. The molecule has 2 aromatic carbocycles. The largest absolute Gasteiger partial charge is 0.478 e. The molecule has 0 radical (unpaired) electrons. The van der Waals surface area contributed by atoms with Crippen molar-refractivity contribution in [2.24, 2.45) is 0 Å². The highest BCUT2D eigenvalue weighted by atomic mass is 16.4. The Kier molecular flexibility index (Phi) is 4.36. The Morgan fingerprint density at radius 2 is 1.80 bits per heavy atom. The SMILES string of the molecule is CCc1ccc2c(c1)cc(-c1cc3cccnc3[nH]1)n2Cc1ccc(C(=O)O)cc1. The van der Waals surface area contributed by atoms with Crippen molar-refractivity contribution in [1.82, 2.24) is 14.5 Å². The molecule has 5 rings (SSSR count). The van der Waals surface area contributed by atoms with Crippen molar-refractivity contribution in [3.8, 4) is 11.4 Å². The van der Waals surface area contributed by atoms with Crippen LogP contribution in [0.2, 0.25) is 0 Å². The molecule has 0 saturated carbocycles. The van der Waals surface area contributed by atoms with Gasteiger partial charge in [-0.05, 0) is 66.1 Å². The zero-order chi connectivity index (χ0) is 20.7. The lowest BCUT2D eigenvalue weighted by atomic mass is 10.1. The van der Waals surface area contributed by atoms with Crippen LogP contribution in [-0.4, -0.2) is 25.6 Å². The van der Waals surface area contributed by atoms with E-state index in [9.17, 15) is 4.79 Å². The number of H-pyrrole nitrogens is 1. The monoisotopic (exact) mass is 395 g/mol. The number of nitrogens with zero attached hydrogens (tertiary/aromatic N) is 2. The van der Waals surface area contributed by atoms with Gasteiger partial charge in [-0.15, -0.1) is 0 Å². The maximum absolute atomic E-state index is 11.2. The fourth-order valence-corrected chi connectivity index (χ4v) is 3.96. The number of hydrogen-bond donors (Lipinski definition) is 2. The summed E-state index contributed by atoms with van der Waals surface area (Å²) in [6, 6.07) is 22.0. The number of rotatable bonds is 5. The lowest BCUT2D eigenvalue weighted by Gasteiger charge is -2.11. The summed E-state index contributed by atoms with van der Waals surface area (Å²) in [6.45, 7) is 2.80. The number of aryl methyl sites for hydroxylation is 1. The first kappa shape index (κ1) is 18.2. The minimum atomic E-state index is -0.911. The second-order valence-corrected chi connectivity index (χ2v) is 7.49. The van der Waals surface area contributed by atoms with E-state index < -0.39 is 5.97 Å². The van der Waals surface area contributed by atoms with Gasteiger partial charge in [0.2, 0.25) is 0 Å². The molecule has 0 fully saturated rings. The Morgan fingerprint density at radius 1 is 1.00 bits per heavy atom. The molecule has 0 unspecified atom stereocenters. The molecule has 148 valence electrons. The Bertz CT molecular complexity index is 1340. The highest BCUT2D eigenvalue weighted by Gasteiger charge is 2.14.